The van der Waals surface area contributed by atoms with Gasteiger partial charge in [0.05, 0.1) is 11.4 Å². The summed E-state index contributed by atoms with van der Waals surface area (Å²) in [5.74, 6) is 0. The topological polar surface area (TPSA) is 58.3 Å². The molecule has 0 aliphatic carbocycles. The molecule has 2 aromatic heterocycles. The molecule has 3 aromatic rings. The van der Waals surface area contributed by atoms with E-state index in [4.69, 9.17) is 0 Å². The summed E-state index contributed by atoms with van der Waals surface area (Å²) in [5, 5.41) is 16.0. The molecular weight excluding hydrogens is 288 g/mol. The predicted molar refractivity (Wildman–Crippen MR) is 91.3 cm³/mol. The lowest BCUT2D eigenvalue weighted by Crippen LogP contribution is -2.11. The third kappa shape index (κ3) is 3.65. The van der Waals surface area contributed by atoms with E-state index in [-0.39, 0.29) is 0 Å². The fraction of sp³-hybridized carbons (Fsp3) is 0.353. The number of nitrogens with zero attached hydrogens (tertiary/aromatic N) is 5. The molecule has 0 spiro atoms. The van der Waals surface area contributed by atoms with Crippen LogP contribution in [-0.2, 0) is 19.5 Å². The van der Waals surface area contributed by atoms with Gasteiger partial charge in [-0.2, -0.15) is 9.61 Å². The molecule has 1 aromatic carbocycles. The summed E-state index contributed by atoms with van der Waals surface area (Å²) < 4.78 is 1.73. The minimum Gasteiger partial charge on any atom is -0.378 e. The molecule has 23 heavy (non-hydrogen) atoms. The molecule has 6 heteroatoms. The number of rotatable bonds is 6. The zero-order valence-corrected chi connectivity index (χ0v) is 13.8. The van der Waals surface area contributed by atoms with E-state index in [0.717, 1.165) is 36.5 Å². The van der Waals surface area contributed by atoms with Crippen molar-refractivity contribution in [3.8, 4) is 0 Å². The van der Waals surface area contributed by atoms with Crippen LogP contribution in [0.4, 0.5) is 5.69 Å². The van der Waals surface area contributed by atoms with Crippen molar-refractivity contribution < 1.29 is 0 Å². The average Bonchev–Trinajstić information content (AvgIpc) is 3.00. The van der Waals surface area contributed by atoms with E-state index in [1.165, 1.54) is 11.1 Å². The summed E-state index contributed by atoms with van der Waals surface area (Å²) in [4.78, 5) is 2.17. The van der Waals surface area contributed by atoms with Crippen molar-refractivity contribution >= 4 is 11.3 Å². The molecule has 0 atom stereocenters. The second kappa shape index (κ2) is 6.75. The molecule has 0 saturated carbocycles. The Morgan fingerprint density at radius 3 is 2.78 bits per heavy atom. The Labute approximate surface area is 136 Å². The van der Waals surface area contributed by atoms with Crippen LogP contribution < -0.4 is 5.32 Å². The monoisotopic (exact) mass is 310 g/mol. The minimum atomic E-state index is 0.747. The first-order chi connectivity index (χ1) is 11.2. The normalized spacial score (nSPS) is 11.3. The van der Waals surface area contributed by atoms with Gasteiger partial charge in [-0.3, -0.25) is 0 Å². The molecule has 2 heterocycles. The van der Waals surface area contributed by atoms with Crippen LogP contribution in [0.1, 0.15) is 23.7 Å². The van der Waals surface area contributed by atoms with Crippen LogP contribution in [0.15, 0.2) is 36.7 Å². The summed E-state index contributed by atoms with van der Waals surface area (Å²) in [6.07, 6.45) is 2.51. The van der Waals surface area contributed by atoms with Crippen LogP contribution in [-0.4, -0.2) is 38.8 Å². The van der Waals surface area contributed by atoms with E-state index < -0.39 is 0 Å². The summed E-state index contributed by atoms with van der Waals surface area (Å²) in [7, 11) is 4.16. The number of nitrogens with one attached hydrogen (secondary N) is 1. The van der Waals surface area contributed by atoms with E-state index in [0.29, 0.717) is 0 Å². The van der Waals surface area contributed by atoms with Crippen LogP contribution in [0.2, 0.25) is 0 Å². The van der Waals surface area contributed by atoms with Gasteiger partial charge in [-0.1, -0.05) is 31.2 Å². The summed E-state index contributed by atoms with van der Waals surface area (Å²) in [5.41, 5.74) is 5.29. The van der Waals surface area contributed by atoms with Gasteiger partial charge in [0.2, 0.25) is 5.65 Å². The minimum absolute atomic E-state index is 0.747. The zero-order chi connectivity index (χ0) is 16.2. The summed E-state index contributed by atoms with van der Waals surface area (Å²) >= 11 is 0. The number of fused-ring (bicyclic) bond motifs is 1. The highest BCUT2D eigenvalue weighted by Gasteiger charge is 2.07. The third-order valence-corrected chi connectivity index (χ3v) is 3.65. The van der Waals surface area contributed by atoms with Crippen molar-refractivity contribution in [3.63, 3.8) is 0 Å². The second-order valence-electron chi connectivity index (χ2n) is 5.91. The van der Waals surface area contributed by atoms with Crippen LogP contribution in [0, 0.1) is 0 Å². The smallest absolute Gasteiger partial charge is 0.200 e. The van der Waals surface area contributed by atoms with Gasteiger partial charge in [0.1, 0.15) is 6.33 Å². The molecule has 0 amide bonds. The quantitative estimate of drug-likeness (QED) is 0.757. The molecular formula is C17H22N6. The van der Waals surface area contributed by atoms with E-state index in [9.17, 15) is 0 Å². The van der Waals surface area contributed by atoms with E-state index in [1.54, 1.807) is 10.8 Å². The Hall–Kier alpha value is -2.47. The lowest BCUT2D eigenvalue weighted by Gasteiger charge is -2.12. The summed E-state index contributed by atoms with van der Waals surface area (Å²) in [6.45, 7) is 3.78. The molecule has 0 saturated heterocycles. The maximum atomic E-state index is 4.46. The van der Waals surface area contributed by atoms with Crippen LogP contribution >= 0.6 is 0 Å². The van der Waals surface area contributed by atoms with Gasteiger partial charge in [0.15, 0.2) is 0 Å². The van der Waals surface area contributed by atoms with Crippen molar-refractivity contribution in [3.05, 3.63) is 53.5 Å². The first-order valence-corrected chi connectivity index (χ1v) is 7.82. The molecule has 1 N–H and O–H groups in total. The van der Waals surface area contributed by atoms with Crippen molar-refractivity contribution in [2.75, 3.05) is 19.4 Å². The Kier molecular flexibility index (Phi) is 4.52. The third-order valence-electron chi connectivity index (χ3n) is 3.65. The Bertz CT molecular complexity index is 793. The van der Waals surface area contributed by atoms with Gasteiger partial charge in [-0.15, -0.1) is 10.2 Å². The lowest BCUT2D eigenvalue weighted by molar-refractivity contribution is 0.402. The summed E-state index contributed by atoms with van der Waals surface area (Å²) in [6, 6.07) is 10.7. The van der Waals surface area contributed by atoms with Crippen LogP contribution in [0.25, 0.3) is 5.65 Å². The van der Waals surface area contributed by atoms with Crippen molar-refractivity contribution in [2.24, 2.45) is 0 Å². The number of hydrogen-bond acceptors (Lipinski definition) is 5. The molecule has 0 aliphatic heterocycles. The maximum Gasteiger partial charge on any atom is 0.200 e. The van der Waals surface area contributed by atoms with E-state index >= 15 is 0 Å². The molecule has 0 bridgehead atoms. The molecule has 0 radical (unpaired) electrons. The standard InChI is InChI=1S/C17H22N6/c1-4-15-9-16(17-20-19-12-23(17)21-15)18-10-13-6-5-7-14(8-13)11-22(2)3/h5-9,12,18H,4,10-11H2,1-3H3. The fourth-order valence-electron chi connectivity index (χ4n) is 2.58. The molecule has 0 aliphatic rings. The fourth-order valence-corrected chi connectivity index (χ4v) is 2.58. The number of aryl methyl sites for hydroxylation is 1. The lowest BCUT2D eigenvalue weighted by atomic mass is 10.1. The number of benzene rings is 1. The highest BCUT2D eigenvalue weighted by molar-refractivity contribution is 5.66. The van der Waals surface area contributed by atoms with Gasteiger partial charge in [0, 0.05) is 13.1 Å². The van der Waals surface area contributed by atoms with Crippen LogP contribution in [0.3, 0.4) is 0 Å². The predicted octanol–water partition coefficient (Wildman–Crippen LogP) is 2.36. The second-order valence-corrected chi connectivity index (χ2v) is 5.91. The maximum absolute atomic E-state index is 4.46. The van der Waals surface area contributed by atoms with Crippen molar-refractivity contribution in [1.82, 2.24) is 24.7 Å². The molecule has 0 unspecified atom stereocenters. The Morgan fingerprint density at radius 1 is 1.17 bits per heavy atom. The zero-order valence-electron chi connectivity index (χ0n) is 13.8. The SMILES string of the molecule is CCc1cc(NCc2cccc(CN(C)C)c2)c2nncn2n1. The highest BCUT2D eigenvalue weighted by Crippen LogP contribution is 2.17. The molecule has 0 fully saturated rings. The Balaban J connectivity index is 1.79. The van der Waals surface area contributed by atoms with Gasteiger partial charge < -0.3 is 10.2 Å². The van der Waals surface area contributed by atoms with Crippen molar-refractivity contribution in [2.45, 2.75) is 26.4 Å². The van der Waals surface area contributed by atoms with Gasteiger partial charge in [0.25, 0.3) is 0 Å². The first-order valence-electron chi connectivity index (χ1n) is 7.82. The molecule has 120 valence electrons. The average molecular weight is 310 g/mol. The largest absolute Gasteiger partial charge is 0.378 e. The molecule has 3 rings (SSSR count). The Morgan fingerprint density at radius 2 is 2.00 bits per heavy atom. The highest BCUT2D eigenvalue weighted by atomic mass is 15.3. The van der Waals surface area contributed by atoms with Crippen molar-refractivity contribution in [1.29, 1.82) is 0 Å². The van der Waals surface area contributed by atoms with Gasteiger partial charge in [-0.25, -0.2) is 0 Å². The van der Waals surface area contributed by atoms with E-state index in [2.05, 4.69) is 70.8 Å². The first kappa shape index (κ1) is 15.4. The number of aromatic nitrogens is 4. The number of anilines is 1. The van der Waals surface area contributed by atoms with Gasteiger partial charge >= 0.3 is 0 Å². The van der Waals surface area contributed by atoms with E-state index in [1.807, 2.05) is 6.07 Å². The molecule has 6 nitrogen and oxygen atoms in total. The van der Waals surface area contributed by atoms with Crippen LogP contribution in [0.5, 0.6) is 0 Å². The number of hydrogen-bond donors (Lipinski definition) is 1. The van der Waals surface area contributed by atoms with Gasteiger partial charge in [-0.05, 0) is 37.7 Å².